The molecular weight excluding hydrogens is 214 g/mol. The minimum atomic E-state index is -4.40. The molecule has 5 nitrogen and oxygen atoms in total. The van der Waals surface area contributed by atoms with Crippen LogP contribution in [0.4, 0.5) is 5.69 Å². The van der Waals surface area contributed by atoms with Crippen molar-refractivity contribution < 1.29 is 16.6 Å². The number of anilines is 1. The zero-order valence-electron chi connectivity index (χ0n) is 6.38. The van der Waals surface area contributed by atoms with Gasteiger partial charge in [0.2, 0.25) is 0 Å². The van der Waals surface area contributed by atoms with Gasteiger partial charge >= 0.3 is 10.4 Å². The van der Waals surface area contributed by atoms with E-state index in [1.165, 1.54) is 0 Å². The number of benzene rings is 1. The molecule has 0 radical (unpaired) electrons. The summed E-state index contributed by atoms with van der Waals surface area (Å²) < 4.78 is 32.6. The molecule has 1 aromatic carbocycles. The summed E-state index contributed by atoms with van der Waals surface area (Å²) in [5.41, 5.74) is 5.96. The summed E-state index contributed by atoms with van der Waals surface area (Å²) in [6.07, 6.45) is 0. The van der Waals surface area contributed by atoms with E-state index in [1.54, 1.807) is 24.3 Å². The van der Waals surface area contributed by atoms with Crippen molar-refractivity contribution in [3.05, 3.63) is 24.3 Å². The molecule has 0 bridgehead atoms. The van der Waals surface area contributed by atoms with Crippen LogP contribution < -0.4 is 5.73 Å². The Kier molecular flexibility index (Phi) is 3.15. The molecule has 1 rings (SSSR count). The Morgan fingerprint density at radius 2 is 1.85 bits per heavy atom. The van der Waals surface area contributed by atoms with Gasteiger partial charge in [0.05, 0.1) is 12.0 Å². The van der Waals surface area contributed by atoms with Gasteiger partial charge in [-0.15, -0.1) is 0 Å². The lowest BCUT2D eigenvalue weighted by molar-refractivity contribution is 0.407. The zero-order chi connectivity index (χ0) is 9.90. The van der Waals surface area contributed by atoms with Gasteiger partial charge in [0, 0.05) is 10.6 Å². The van der Waals surface area contributed by atoms with Crippen LogP contribution in [-0.2, 0) is 14.0 Å². The molecule has 1 aromatic rings. The van der Waals surface area contributed by atoms with Crippen LogP contribution in [0.25, 0.3) is 0 Å². The molecule has 0 fully saturated rings. The molecule has 0 atom stereocenters. The Morgan fingerprint density at radius 1 is 1.31 bits per heavy atom. The molecule has 7 heteroatoms. The molecule has 0 spiro atoms. The molecule has 0 aliphatic heterocycles. The Balaban J connectivity index is 2.61. The van der Waals surface area contributed by atoms with Gasteiger partial charge in [-0.3, -0.25) is 4.55 Å². The molecule has 0 amide bonds. The second-order valence-corrected chi connectivity index (χ2v) is 4.19. The van der Waals surface area contributed by atoms with Crippen molar-refractivity contribution in [3.63, 3.8) is 0 Å². The summed E-state index contributed by atoms with van der Waals surface area (Å²) in [7, 11) is -4.40. The number of hydrogen-bond acceptors (Lipinski definition) is 5. The molecule has 0 aromatic heterocycles. The van der Waals surface area contributed by atoms with Crippen molar-refractivity contribution in [3.8, 4) is 0 Å². The van der Waals surface area contributed by atoms with Crippen LogP contribution in [0.1, 0.15) is 0 Å². The highest BCUT2D eigenvalue weighted by Crippen LogP contribution is 2.21. The maximum Gasteiger partial charge on any atom is 0.408 e. The van der Waals surface area contributed by atoms with Crippen molar-refractivity contribution >= 4 is 28.1 Å². The predicted molar refractivity (Wildman–Crippen MR) is 49.3 cm³/mol. The van der Waals surface area contributed by atoms with Gasteiger partial charge in [-0.05, 0) is 24.3 Å². The molecule has 0 aliphatic rings. The second kappa shape index (κ2) is 3.97. The van der Waals surface area contributed by atoms with E-state index in [0.29, 0.717) is 22.6 Å². The number of nitrogen functional groups attached to an aromatic ring is 1. The van der Waals surface area contributed by atoms with E-state index in [-0.39, 0.29) is 0 Å². The number of hydrogen-bond donors (Lipinski definition) is 2. The molecule has 3 N–H and O–H groups in total. The first-order chi connectivity index (χ1) is 5.97. The monoisotopic (exact) mass is 221 g/mol. The predicted octanol–water partition coefficient (Wildman–Crippen LogP) is 1.10. The first kappa shape index (κ1) is 10.3. The van der Waals surface area contributed by atoms with E-state index < -0.39 is 10.4 Å². The van der Waals surface area contributed by atoms with E-state index in [1.807, 2.05) is 0 Å². The lowest BCUT2D eigenvalue weighted by atomic mass is 10.3. The quantitative estimate of drug-likeness (QED) is 0.451. The van der Waals surface area contributed by atoms with Crippen LogP contribution in [0.15, 0.2) is 29.2 Å². The largest absolute Gasteiger partial charge is 0.408 e. The van der Waals surface area contributed by atoms with E-state index in [0.717, 1.165) is 0 Å². The Bertz CT molecular complexity index is 372. The van der Waals surface area contributed by atoms with E-state index in [2.05, 4.69) is 3.63 Å². The highest BCUT2D eigenvalue weighted by molar-refractivity contribution is 8.02. The normalized spacial score (nSPS) is 11.5. The molecule has 13 heavy (non-hydrogen) atoms. The van der Waals surface area contributed by atoms with Crippen LogP contribution in [0.2, 0.25) is 0 Å². The fraction of sp³-hybridized carbons (Fsp3) is 0. The van der Waals surface area contributed by atoms with Crippen LogP contribution >= 0.6 is 12.0 Å². The molecule has 0 heterocycles. The smallest absolute Gasteiger partial charge is 0.399 e. The van der Waals surface area contributed by atoms with E-state index in [4.69, 9.17) is 10.3 Å². The van der Waals surface area contributed by atoms with Crippen molar-refractivity contribution in [1.29, 1.82) is 0 Å². The van der Waals surface area contributed by atoms with E-state index in [9.17, 15) is 8.42 Å². The SMILES string of the molecule is Nc1ccc(SOS(=O)(=O)O)cc1. The lowest BCUT2D eigenvalue weighted by Gasteiger charge is -1.98. The molecule has 0 saturated heterocycles. The van der Waals surface area contributed by atoms with Crippen LogP contribution in [0.3, 0.4) is 0 Å². The van der Waals surface area contributed by atoms with E-state index >= 15 is 0 Å². The topological polar surface area (TPSA) is 89.6 Å². The summed E-state index contributed by atoms with van der Waals surface area (Å²) in [6.45, 7) is 0. The van der Waals surface area contributed by atoms with Crippen molar-refractivity contribution in [2.45, 2.75) is 4.90 Å². The average molecular weight is 221 g/mol. The van der Waals surface area contributed by atoms with Gasteiger partial charge in [0.15, 0.2) is 0 Å². The molecule has 0 aliphatic carbocycles. The minimum absolute atomic E-state index is 0.534. The summed E-state index contributed by atoms with van der Waals surface area (Å²) in [5, 5.41) is 0. The highest BCUT2D eigenvalue weighted by atomic mass is 32.3. The molecule has 0 saturated carbocycles. The van der Waals surface area contributed by atoms with Crippen LogP contribution in [0, 0.1) is 0 Å². The third-order valence-corrected chi connectivity index (χ3v) is 2.52. The zero-order valence-corrected chi connectivity index (χ0v) is 8.01. The van der Waals surface area contributed by atoms with Gasteiger partial charge in [0.25, 0.3) is 0 Å². The molecular formula is C6H7NO4S2. The minimum Gasteiger partial charge on any atom is -0.399 e. The molecule has 0 unspecified atom stereocenters. The maximum absolute atomic E-state index is 10.2. The fourth-order valence-corrected chi connectivity index (χ4v) is 1.51. The van der Waals surface area contributed by atoms with Crippen LogP contribution in [0.5, 0.6) is 0 Å². The van der Waals surface area contributed by atoms with Crippen molar-refractivity contribution in [1.82, 2.24) is 0 Å². The Hall–Kier alpha value is -0.760. The molecule has 72 valence electrons. The number of nitrogens with two attached hydrogens (primary N) is 1. The summed E-state index contributed by atoms with van der Waals surface area (Å²) >= 11 is 0.543. The standard InChI is InChI=1S/C6H7NO4S2/c7-5-1-3-6(4-2-5)12-11-13(8,9)10/h1-4H,7H2,(H,8,9,10). The third kappa shape index (κ3) is 4.13. The highest BCUT2D eigenvalue weighted by Gasteiger charge is 2.05. The van der Waals surface area contributed by atoms with Gasteiger partial charge in [-0.25, -0.2) is 0 Å². The third-order valence-electron chi connectivity index (χ3n) is 1.10. The average Bonchev–Trinajstić information content (AvgIpc) is 2.02. The Labute approximate surface area is 80.1 Å². The first-order valence-corrected chi connectivity index (χ1v) is 5.27. The summed E-state index contributed by atoms with van der Waals surface area (Å²) in [5.74, 6) is 0. The summed E-state index contributed by atoms with van der Waals surface area (Å²) in [6, 6.07) is 6.34. The van der Waals surface area contributed by atoms with Gasteiger partial charge in [-0.2, -0.15) is 12.0 Å². The fourth-order valence-electron chi connectivity index (χ4n) is 0.606. The van der Waals surface area contributed by atoms with Gasteiger partial charge in [0.1, 0.15) is 0 Å². The first-order valence-electron chi connectivity index (χ1n) is 3.16. The van der Waals surface area contributed by atoms with Crippen molar-refractivity contribution in [2.75, 3.05) is 5.73 Å². The van der Waals surface area contributed by atoms with Crippen LogP contribution in [-0.4, -0.2) is 13.0 Å². The summed E-state index contributed by atoms with van der Waals surface area (Å²) in [4.78, 5) is 0.534. The Morgan fingerprint density at radius 3 is 2.31 bits per heavy atom. The second-order valence-electron chi connectivity index (χ2n) is 2.15. The number of rotatable bonds is 3. The van der Waals surface area contributed by atoms with Gasteiger partial charge < -0.3 is 5.73 Å². The van der Waals surface area contributed by atoms with Crippen molar-refractivity contribution in [2.24, 2.45) is 0 Å². The lowest BCUT2D eigenvalue weighted by Crippen LogP contribution is -1.96. The maximum atomic E-state index is 10.2. The van der Waals surface area contributed by atoms with Gasteiger partial charge in [-0.1, -0.05) is 0 Å².